The Kier molecular flexibility index (Phi) is 5.83. The number of esters is 1. The van der Waals surface area contributed by atoms with Crippen LogP contribution in [0, 0.1) is 5.92 Å². The van der Waals surface area contributed by atoms with Crippen LogP contribution >= 0.6 is 15.9 Å². The van der Waals surface area contributed by atoms with Crippen molar-refractivity contribution in [3.05, 3.63) is 28.2 Å². The number of aromatic hydroxyl groups is 1. The van der Waals surface area contributed by atoms with Gasteiger partial charge in [-0.2, -0.15) is 0 Å². The molecule has 0 bridgehead atoms. The Morgan fingerprint density at radius 2 is 2.09 bits per heavy atom. The van der Waals surface area contributed by atoms with Crippen molar-refractivity contribution < 1.29 is 19.4 Å². The minimum Gasteiger partial charge on any atom is -0.507 e. The van der Waals surface area contributed by atoms with Crippen LogP contribution in [-0.2, 0) is 9.53 Å². The fraction of sp³-hybridized carbons (Fsp3) is 0.500. The number of phenols is 1. The van der Waals surface area contributed by atoms with Gasteiger partial charge in [0.2, 0.25) is 0 Å². The topological polar surface area (TPSA) is 75.6 Å². The molecule has 1 amide bonds. The normalized spacial score (nSPS) is 21.2. The predicted molar refractivity (Wildman–Crippen MR) is 85.7 cm³/mol. The minimum atomic E-state index is -0.717. The zero-order chi connectivity index (χ0) is 16.1. The van der Waals surface area contributed by atoms with Gasteiger partial charge < -0.3 is 15.2 Å². The highest BCUT2D eigenvalue weighted by Crippen LogP contribution is 2.24. The summed E-state index contributed by atoms with van der Waals surface area (Å²) in [6.07, 6.45) is 4.38. The van der Waals surface area contributed by atoms with Crippen molar-refractivity contribution in [2.45, 2.75) is 38.6 Å². The standard InChI is InChI=1S/C16H20BrNO4/c1-10-4-2-3-5-13(10)18-15(20)9-22-16(21)12-8-11(17)6-7-14(12)19/h6-8,10,13,19H,2-5,9H2,1H3,(H,18,20)/t10-,13-/m0/s1. The third-order valence-electron chi connectivity index (χ3n) is 3.97. The Morgan fingerprint density at radius 3 is 2.82 bits per heavy atom. The van der Waals surface area contributed by atoms with Crippen LogP contribution in [0.3, 0.4) is 0 Å². The maximum absolute atomic E-state index is 11.9. The van der Waals surface area contributed by atoms with E-state index < -0.39 is 5.97 Å². The van der Waals surface area contributed by atoms with Crippen molar-refractivity contribution in [1.82, 2.24) is 5.32 Å². The van der Waals surface area contributed by atoms with Gasteiger partial charge in [-0.15, -0.1) is 0 Å². The largest absolute Gasteiger partial charge is 0.507 e. The van der Waals surface area contributed by atoms with Gasteiger partial charge in [0, 0.05) is 10.5 Å². The summed E-state index contributed by atoms with van der Waals surface area (Å²) in [5, 5.41) is 12.6. The summed E-state index contributed by atoms with van der Waals surface area (Å²) in [4.78, 5) is 23.8. The molecule has 1 aliphatic carbocycles. The first kappa shape index (κ1) is 16.8. The lowest BCUT2D eigenvalue weighted by Crippen LogP contribution is -2.42. The molecule has 2 N–H and O–H groups in total. The number of nitrogens with one attached hydrogen (secondary N) is 1. The molecule has 0 aliphatic heterocycles. The SMILES string of the molecule is C[C@H]1CCCC[C@@H]1NC(=O)COC(=O)c1cc(Br)ccc1O. The highest BCUT2D eigenvalue weighted by molar-refractivity contribution is 9.10. The van der Waals surface area contributed by atoms with Gasteiger partial charge in [-0.05, 0) is 37.0 Å². The quantitative estimate of drug-likeness (QED) is 0.799. The Labute approximate surface area is 138 Å². The lowest BCUT2D eigenvalue weighted by molar-refractivity contribution is -0.125. The average molecular weight is 370 g/mol. The molecule has 2 rings (SSSR count). The number of hydrogen-bond acceptors (Lipinski definition) is 4. The van der Waals surface area contributed by atoms with Gasteiger partial charge in [0.15, 0.2) is 6.61 Å². The van der Waals surface area contributed by atoms with Crippen LogP contribution in [-0.4, -0.2) is 29.6 Å². The van der Waals surface area contributed by atoms with Crippen LogP contribution in [0.15, 0.2) is 22.7 Å². The first-order valence-electron chi connectivity index (χ1n) is 7.42. The highest BCUT2D eigenvalue weighted by atomic mass is 79.9. The van der Waals surface area contributed by atoms with E-state index in [4.69, 9.17) is 4.74 Å². The van der Waals surface area contributed by atoms with E-state index in [0.717, 1.165) is 19.3 Å². The zero-order valence-corrected chi connectivity index (χ0v) is 14.1. The monoisotopic (exact) mass is 369 g/mol. The first-order valence-corrected chi connectivity index (χ1v) is 8.21. The molecule has 0 heterocycles. The first-order chi connectivity index (χ1) is 10.5. The second-order valence-electron chi connectivity index (χ2n) is 5.67. The summed E-state index contributed by atoms with van der Waals surface area (Å²) in [5.74, 6) is -0.746. The van der Waals surface area contributed by atoms with Crippen LogP contribution in [0.2, 0.25) is 0 Å². The Bertz CT molecular complexity index is 561. The third kappa shape index (κ3) is 4.47. The third-order valence-corrected chi connectivity index (χ3v) is 4.46. The fourth-order valence-electron chi connectivity index (χ4n) is 2.66. The number of benzene rings is 1. The van der Waals surface area contributed by atoms with E-state index in [-0.39, 0.29) is 29.9 Å². The number of amides is 1. The zero-order valence-electron chi connectivity index (χ0n) is 12.5. The average Bonchev–Trinajstić information content (AvgIpc) is 2.49. The number of halogens is 1. The smallest absolute Gasteiger partial charge is 0.342 e. The van der Waals surface area contributed by atoms with Crippen molar-refractivity contribution in [3.63, 3.8) is 0 Å². The van der Waals surface area contributed by atoms with Crippen LogP contribution in [0.5, 0.6) is 5.75 Å². The molecule has 1 saturated carbocycles. The van der Waals surface area contributed by atoms with Crippen molar-refractivity contribution in [3.8, 4) is 5.75 Å². The van der Waals surface area contributed by atoms with Crippen LogP contribution in [0.1, 0.15) is 43.0 Å². The number of carbonyl (C=O) groups excluding carboxylic acids is 2. The number of rotatable bonds is 4. The summed E-state index contributed by atoms with van der Waals surface area (Å²) >= 11 is 3.22. The maximum Gasteiger partial charge on any atom is 0.342 e. The Morgan fingerprint density at radius 1 is 1.36 bits per heavy atom. The summed E-state index contributed by atoms with van der Waals surface area (Å²) in [7, 11) is 0. The van der Waals surface area contributed by atoms with Gasteiger partial charge in [0.1, 0.15) is 11.3 Å². The lowest BCUT2D eigenvalue weighted by atomic mass is 9.86. The molecule has 0 aromatic heterocycles. The lowest BCUT2D eigenvalue weighted by Gasteiger charge is -2.29. The second-order valence-corrected chi connectivity index (χ2v) is 6.59. The summed E-state index contributed by atoms with van der Waals surface area (Å²) in [5.41, 5.74) is 0.0354. The second kappa shape index (κ2) is 7.63. The molecule has 1 aromatic carbocycles. The van der Waals surface area contributed by atoms with E-state index in [9.17, 15) is 14.7 Å². The molecule has 120 valence electrons. The van der Waals surface area contributed by atoms with Crippen molar-refractivity contribution in [1.29, 1.82) is 0 Å². The van der Waals surface area contributed by atoms with E-state index in [1.807, 2.05) is 0 Å². The Balaban J connectivity index is 1.85. The Hall–Kier alpha value is -1.56. The van der Waals surface area contributed by atoms with E-state index in [1.165, 1.54) is 18.6 Å². The van der Waals surface area contributed by atoms with Gasteiger partial charge in [-0.25, -0.2) is 4.79 Å². The summed E-state index contributed by atoms with van der Waals surface area (Å²) < 4.78 is 5.62. The molecule has 5 nitrogen and oxygen atoms in total. The molecule has 0 spiro atoms. The van der Waals surface area contributed by atoms with Crippen molar-refractivity contribution in [2.75, 3.05) is 6.61 Å². The molecule has 0 radical (unpaired) electrons. The molecule has 2 atom stereocenters. The number of hydrogen-bond donors (Lipinski definition) is 2. The van der Waals surface area contributed by atoms with Gasteiger partial charge >= 0.3 is 5.97 Å². The summed E-state index contributed by atoms with van der Waals surface area (Å²) in [6.45, 7) is 1.78. The predicted octanol–water partition coefficient (Wildman–Crippen LogP) is 3.01. The van der Waals surface area contributed by atoms with Gasteiger partial charge in [-0.3, -0.25) is 4.79 Å². The van der Waals surface area contributed by atoms with Gasteiger partial charge in [0.05, 0.1) is 0 Å². The van der Waals surface area contributed by atoms with Crippen LogP contribution in [0.25, 0.3) is 0 Å². The molecule has 1 aliphatic rings. The van der Waals surface area contributed by atoms with E-state index in [2.05, 4.69) is 28.2 Å². The maximum atomic E-state index is 11.9. The number of ether oxygens (including phenoxy) is 1. The van der Waals surface area contributed by atoms with E-state index in [0.29, 0.717) is 10.4 Å². The summed E-state index contributed by atoms with van der Waals surface area (Å²) in [6, 6.07) is 4.62. The minimum absolute atomic E-state index is 0.0354. The molecular weight excluding hydrogens is 350 g/mol. The van der Waals surface area contributed by atoms with Gasteiger partial charge in [0.25, 0.3) is 5.91 Å². The molecule has 6 heteroatoms. The highest BCUT2D eigenvalue weighted by Gasteiger charge is 2.23. The number of carbonyl (C=O) groups is 2. The van der Waals surface area contributed by atoms with E-state index >= 15 is 0 Å². The molecule has 0 saturated heterocycles. The molecule has 0 unspecified atom stereocenters. The molecule has 1 fully saturated rings. The van der Waals surface area contributed by atoms with Crippen molar-refractivity contribution in [2.24, 2.45) is 5.92 Å². The van der Waals surface area contributed by atoms with Crippen LogP contribution in [0.4, 0.5) is 0 Å². The van der Waals surface area contributed by atoms with Crippen molar-refractivity contribution >= 4 is 27.8 Å². The molecule has 1 aromatic rings. The van der Waals surface area contributed by atoms with E-state index in [1.54, 1.807) is 6.07 Å². The van der Waals surface area contributed by atoms with Gasteiger partial charge in [-0.1, -0.05) is 35.7 Å². The fourth-order valence-corrected chi connectivity index (χ4v) is 3.02. The molecular formula is C16H20BrNO4. The molecule has 22 heavy (non-hydrogen) atoms. The number of phenolic OH excluding ortho intramolecular Hbond substituents is 1. The van der Waals surface area contributed by atoms with Crippen LogP contribution < -0.4 is 5.32 Å².